The van der Waals surface area contributed by atoms with E-state index in [1.807, 2.05) is 0 Å². The third kappa shape index (κ3) is 5.80. The van der Waals surface area contributed by atoms with Gasteiger partial charge in [0.1, 0.15) is 23.0 Å². The highest BCUT2D eigenvalue weighted by Crippen LogP contribution is 2.44. The van der Waals surface area contributed by atoms with Crippen LogP contribution in [0.25, 0.3) is 22.3 Å². The Morgan fingerprint density at radius 1 is 0.618 bits per heavy atom. The number of methoxy groups -OCH3 is 2. The smallest absolute Gasteiger partial charge is 0.496 e. The lowest BCUT2D eigenvalue weighted by Crippen LogP contribution is -2.17. The first-order chi connectivity index (χ1) is 15.8. The maximum absolute atomic E-state index is 14.6. The highest BCUT2D eigenvalue weighted by molar-refractivity contribution is 5.82. The zero-order chi connectivity index (χ0) is 25.3. The Labute approximate surface area is 187 Å². The van der Waals surface area contributed by atoms with Crippen LogP contribution >= 0.6 is 0 Å². The molecule has 0 aromatic heterocycles. The molecule has 0 radical (unpaired) electrons. The number of halogens is 8. The van der Waals surface area contributed by atoms with E-state index >= 15 is 0 Å². The fourth-order valence-electron chi connectivity index (χ4n) is 3.15. The summed E-state index contributed by atoms with van der Waals surface area (Å²) in [5.41, 5.74) is -0.464. The number of hydrogen-bond donors (Lipinski definition) is 0. The van der Waals surface area contributed by atoms with Gasteiger partial charge < -0.3 is 18.9 Å². The second kappa shape index (κ2) is 9.27. The predicted molar refractivity (Wildman–Crippen MR) is 104 cm³/mol. The van der Waals surface area contributed by atoms with Crippen molar-refractivity contribution in [3.05, 3.63) is 60.2 Å². The quantitative estimate of drug-likeness (QED) is 0.342. The standard InChI is InChI=1S/C22H14F8O4/c1-31-18-10-15(16-7-13(34-22(28,29)30)8-17(23)20(16)24)19(32-2)9-14(18)11-4-3-5-12(6-11)33-21(25,26)27/h3-10H,1-2H3. The molecule has 0 N–H and O–H groups in total. The van der Waals surface area contributed by atoms with Crippen LogP contribution in [0.5, 0.6) is 23.0 Å². The van der Waals surface area contributed by atoms with Crippen LogP contribution in [-0.4, -0.2) is 26.9 Å². The Morgan fingerprint density at radius 3 is 1.76 bits per heavy atom. The van der Waals surface area contributed by atoms with Crippen molar-refractivity contribution in [1.29, 1.82) is 0 Å². The average molecular weight is 494 g/mol. The van der Waals surface area contributed by atoms with Crippen molar-refractivity contribution in [3.8, 4) is 45.3 Å². The van der Waals surface area contributed by atoms with E-state index in [-0.39, 0.29) is 34.3 Å². The van der Waals surface area contributed by atoms with Gasteiger partial charge in [0.25, 0.3) is 0 Å². The van der Waals surface area contributed by atoms with Crippen LogP contribution in [0.3, 0.4) is 0 Å². The second-order valence-electron chi connectivity index (χ2n) is 6.64. The molecule has 3 rings (SSSR count). The van der Waals surface area contributed by atoms with Gasteiger partial charge in [0.05, 0.1) is 14.2 Å². The van der Waals surface area contributed by atoms with Gasteiger partial charge >= 0.3 is 12.7 Å². The topological polar surface area (TPSA) is 36.9 Å². The van der Waals surface area contributed by atoms with E-state index in [2.05, 4.69) is 9.47 Å². The first-order valence-corrected chi connectivity index (χ1v) is 9.18. The number of benzene rings is 3. The van der Waals surface area contributed by atoms with E-state index in [0.717, 1.165) is 25.3 Å². The summed E-state index contributed by atoms with van der Waals surface area (Å²) in [7, 11) is 2.36. The van der Waals surface area contributed by atoms with Crippen molar-refractivity contribution in [1.82, 2.24) is 0 Å². The highest BCUT2D eigenvalue weighted by Gasteiger charge is 2.33. The molecule has 0 aliphatic rings. The van der Waals surface area contributed by atoms with Crippen LogP contribution in [0.15, 0.2) is 48.5 Å². The van der Waals surface area contributed by atoms with Gasteiger partial charge in [-0.2, -0.15) is 0 Å². The molecular formula is C22H14F8O4. The summed E-state index contributed by atoms with van der Waals surface area (Å²) >= 11 is 0. The minimum absolute atomic E-state index is 0.0260. The number of ether oxygens (including phenoxy) is 4. The van der Waals surface area contributed by atoms with Gasteiger partial charge in [-0.05, 0) is 35.9 Å². The number of rotatable bonds is 6. The fraction of sp³-hybridized carbons (Fsp3) is 0.182. The van der Waals surface area contributed by atoms with Crippen LogP contribution in [0.1, 0.15) is 0 Å². The summed E-state index contributed by atoms with van der Waals surface area (Å²) in [6.45, 7) is 0. The molecular weight excluding hydrogens is 480 g/mol. The van der Waals surface area contributed by atoms with Crippen LogP contribution in [0.2, 0.25) is 0 Å². The van der Waals surface area contributed by atoms with Crippen molar-refractivity contribution in [2.24, 2.45) is 0 Å². The molecule has 182 valence electrons. The lowest BCUT2D eigenvalue weighted by atomic mass is 9.97. The van der Waals surface area contributed by atoms with E-state index < -0.39 is 41.4 Å². The number of hydrogen-bond acceptors (Lipinski definition) is 4. The normalized spacial score (nSPS) is 11.8. The average Bonchev–Trinajstić information content (AvgIpc) is 2.73. The molecule has 34 heavy (non-hydrogen) atoms. The Bertz CT molecular complexity index is 1190. The molecule has 4 nitrogen and oxygen atoms in total. The molecule has 0 aliphatic heterocycles. The Kier molecular flexibility index (Phi) is 6.80. The molecule has 0 heterocycles. The summed E-state index contributed by atoms with van der Waals surface area (Å²) in [4.78, 5) is 0. The highest BCUT2D eigenvalue weighted by atomic mass is 19.4. The molecule has 0 aliphatic carbocycles. The molecule has 0 atom stereocenters. The van der Waals surface area contributed by atoms with Crippen molar-refractivity contribution < 1.29 is 54.1 Å². The summed E-state index contributed by atoms with van der Waals surface area (Å²) in [5, 5.41) is 0. The molecule has 0 saturated heterocycles. The van der Waals surface area contributed by atoms with E-state index in [1.165, 1.54) is 25.3 Å². The summed E-state index contributed by atoms with van der Waals surface area (Å²) in [5.74, 6) is -4.80. The van der Waals surface area contributed by atoms with Gasteiger partial charge in [-0.15, -0.1) is 26.3 Å². The SMILES string of the molecule is COc1cc(-c2cc(OC(F)(F)F)cc(F)c2F)c(OC)cc1-c1cccc(OC(F)(F)F)c1. The van der Waals surface area contributed by atoms with Crippen LogP contribution in [-0.2, 0) is 0 Å². The predicted octanol–water partition coefficient (Wildman–Crippen LogP) is 7.11. The van der Waals surface area contributed by atoms with Gasteiger partial charge in [-0.25, -0.2) is 8.78 Å². The molecule has 0 spiro atoms. The summed E-state index contributed by atoms with van der Waals surface area (Å²) < 4.78 is 122. The first-order valence-electron chi connectivity index (χ1n) is 9.18. The Hall–Kier alpha value is -3.70. The maximum Gasteiger partial charge on any atom is 0.573 e. The Balaban J connectivity index is 2.16. The molecule has 3 aromatic rings. The van der Waals surface area contributed by atoms with Crippen molar-refractivity contribution in [2.45, 2.75) is 12.7 Å². The fourth-order valence-corrected chi connectivity index (χ4v) is 3.15. The van der Waals surface area contributed by atoms with E-state index in [1.54, 1.807) is 0 Å². The third-order valence-corrected chi connectivity index (χ3v) is 4.43. The first kappa shape index (κ1) is 24.9. The van der Waals surface area contributed by atoms with E-state index in [9.17, 15) is 35.1 Å². The molecule has 0 fully saturated rings. The van der Waals surface area contributed by atoms with Gasteiger partial charge in [0.15, 0.2) is 11.6 Å². The van der Waals surface area contributed by atoms with E-state index in [0.29, 0.717) is 6.07 Å². The third-order valence-electron chi connectivity index (χ3n) is 4.43. The minimum Gasteiger partial charge on any atom is -0.496 e. The van der Waals surface area contributed by atoms with Gasteiger partial charge in [-0.1, -0.05) is 12.1 Å². The molecule has 0 bridgehead atoms. The van der Waals surface area contributed by atoms with E-state index in [4.69, 9.17) is 9.47 Å². The molecule has 0 saturated carbocycles. The van der Waals surface area contributed by atoms with Crippen LogP contribution < -0.4 is 18.9 Å². The second-order valence-corrected chi connectivity index (χ2v) is 6.64. The van der Waals surface area contributed by atoms with Crippen LogP contribution in [0.4, 0.5) is 35.1 Å². The van der Waals surface area contributed by atoms with Crippen LogP contribution in [0, 0.1) is 11.6 Å². The van der Waals surface area contributed by atoms with Crippen molar-refractivity contribution in [3.63, 3.8) is 0 Å². The molecule has 12 heteroatoms. The van der Waals surface area contributed by atoms with Gasteiger partial charge in [0.2, 0.25) is 0 Å². The van der Waals surface area contributed by atoms with Gasteiger partial charge in [0, 0.05) is 22.8 Å². The maximum atomic E-state index is 14.6. The zero-order valence-corrected chi connectivity index (χ0v) is 17.3. The molecule has 0 unspecified atom stereocenters. The van der Waals surface area contributed by atoms with Crippen molar-refractivity contribution >= 4 is 0 Å². The number of alkyl halides is 6. The molecule has 0 amide bonds. The summed E-state index contributed by atoms with van der Waals surface area (Å²) in [6, 6.07) is 8.08. The monoisotopic (exact) mass is 494 g/mol. The lowest BCUT2D eigenvalue weighted by molar-refractivity contribution is -0.275. The lowest BCUT2D eigenvalue weighted by Gasteiger charge is -2.17. The van der Waals surface area contributed by atoms with Gasteiger partial charge in [-0.3, -0.25) is 0 Å². The minimum atomic E-state index is -5.16. The largest absolute Gasteiger partial charge is 0.573 e. The Morgan fingerprint density at radius 2 is 1.18 bits per heavy atom. The summed E-state index contributed by atoms with van der Waals surface area (Å²) in [6.07, 6.45) is -10.1. The molecule has 3 aromatic carbocycles. The van der Waals surface area contributed by atoms with Crippen molar-refractivity contribution in [2.75, 3.05) is 14.2 Å². The zero-order valence-electron chi connectivity index (χ0n) is 17.3.